The number of hydrogen-bond acceptors (Lipinski definition) is 1. The third-order valence-electron chi connectivity index (χ3n) is 4.11. The molecule has 0 spiro atoms. The molecule has 0 radical (unpaired) electrons. The summed E-state index contributed by atoms with van der Waals surface area (Å²) in [4.78, 5) is 3.56. The molecule has 1 heterocycles. The molecule has 4 rings (SSSR count). The Labute approximate surface area is 179 Å². The molecule has 2 nitrogen and oxygen atoms in total. The summed E-state index contributed by atoms with van der Waals surface area (Å²) in [6.07, 6.45) is 0. The van der Waals surface area contributed by atoms with Crippen LogP contribution < -0.4 is 10.3 Å². The van der Waals surface area contributed by atoms with Gasteiger partial charge in [-0.25, -0.2) is 4.99 Å². The first-order valence-electron chi connectivity index (χ1n) is 9.06. The minimum atomic E-state index is -6.00. The van der Waals surface area contributed by atoms with Crippen LogP contribution >= 0.6 is 15.9 Å². The van der Waals surface area contributed by atoms with Crippen molar-refractivity contribution in [2.24, 2.45) is 0 Å². The lowest BCUT2D eigenvalue weighted by molar-refractivity contribution is -0.516. The maximum absolute atomic E-state index is 9.75. The molecule has 30 heavy (non-hydrogen) atoms. The van der Waals surface area contributed by atoms with E-state index in [0.29, 0.717) is 0 Å². The van der Waals surface area contributed by atoms with E-state index in [1.54, 1.807) is 0 Å². The predicted molar refractivity (Wildman–Crippen MR) is 114 cm³/mol. The molecule has 0 aliphatic rings. The van der Waals surface area contributed by atoms with Crippen molar-refractivity contribution in [3.63, 3.8) is 0 Å². The lowest BCUT2D eigenvalue weighted by Gasteiger charge is -2.03. The zero-order valence-electron chi connectivity index (χ0n) is 15.7. The molecule has 0 saturated carbocycles. The van der Waals surface area contributed by atoms with E-state index in [0.717, 1.165) is 38.7 Å². The van der Waals surface area contributed by atoms with Crippen LogP contribution in [0, 0.1) is 0 Å². The second-order valence-corrected chi connectivity index (χ2v) is 7.28. The third-order valence-corrected chi connectivity index (χ3v) is 4.60. The summed E-state index contributed by atoms with van der Waals surface area (Å²) in [5.41, 5.74) is 3.17. The molecule has 4 aromatic rings. The Morgan fingerprint density at radius 2 is 1.40 bits per heavy atom. The van der Waals surface area contributed by atoms with Crippen LogP contribution in [-0.4, -0.2) is 7.25 Å². The molecule has 0 fully saturated rings. The molecule has 0 unspecified atom stereocenters. The van der Waals surface area contributed by atoms with E-state index in [1.165, 1.54) is 5.56 Å². The van der Waals surface area contributed by atoms with E-state index in [1.807, 2.05) is 36.4 Å². The highest BCUT2D eigenvalue weighted by molar-refractivity contribution is 9.10. The molecular formula is C22H17BBrF4NO. The van der Waals surface area contributed by atoms with Gasteiger partial charge in [0.25, 0.3) is 0 Å². The molecule has 0 aliphatic heterocycles. The van der Waals surface area contributed by atoms with Crippen LogP contribution in [0.2, 0.25) is 0 Å². The van der Waals surface area contributed by atoms with E-state index >= 15 is 0 Å². The fourth-order valence-electron chi connectivity index (χ4n) is 2.84. The number of rotatable bonds is 3. The normalized spacial score (nSPS) is 11.8. The molecule has 0 bridgehead atoms. The van der Waals surface area contributed by atoms with Gasteiger partial charge in [0.1, 0.15) is 11.3 Å². The van der Waals surface area contributed by atoms with Gasteiger partial charge in [0, 0.05) is 15.6 Å². The minimum Gasteiger partial charge on any atom is -0.456 e. The van der Waals surface area contributed by atoms with Crippen molar-refractivity contribution in [2.45, 2.75) is 6.54 Å². The average molecular weight is 478 g/mol. The number of nitrogens with one attached hydrogen (secondary N) is 1. The fourth-order valence-corrected chi connectivity index (χ4v) is 3.20. The predicted octanol–water partition coefficient (Wildman–Crippen LogP) is 5.34. The highest BCUT2D eigenvalue weighted by Gasteiger charge is 2.20. The highest BCUT2D eigenvalue weighted by Crippen LogP contribution is 2.23. The van der Waals surface area contributed by atoms with Gasteiger partial charge in [-0.05, 0) is 18.2 Å². The van der Waals surface area contributed by atoms with Gasteiger partial charge in [-0.2, -0.15) is 0 Å². The zero-order valence-corrected chi connectivity index (χ0v) is 17.3. The van der Waals surface area contributed by atoms with Crippen molar-refractivity contribution in [3.05, 3.63) is 100 Å². The van der Waals surface area contributed by atoms with Crippen LogP contribution in [0.4, 0.5) is 17.3 Å². The maximum atomic E-state index is 9.75. The number of fused-ring (bicyclic) bond motifs is 1. The third kappa shape index (κ3) is 6.59. The molecule has 0 atom stereocenters. The van der Waals surface area contributed by atoms with Crippen LogP contribution in [0.3, 0.4) is 0 Å². The summed E-state index contributed by atoms with van der Waals surface area (Å²) in [7, 11) is -6.00. The number of halogens is 5. The van der Waals surface area contributed by atoms with Crippen molar-refractivity contribution >= 4 is 34.2 Å². The minimum absolute atomic E-state index is 0.765. The lowest BCUT2D eigenvalue weighted by Crippen LogP contribution is -2.75. The van der Waals surface area contributed by atoms with Gasteiger partial charge < -0.3 is 21.7 Å². The zero-order chi connectivity index (χ0) is 21.6. The summed E-state index contributed by atoms with van der Waals surface area (Å²) in [6, 6.07) is 28.7. The summed E-state index contributed by atoms with van der Waals surface area (Å²) in [5.74, 6) is 0.853. The molecule has 154 valence electrons. The van der Waals surface area contributed by atoms with Gasteiger partial charge in [-0.15, -0.1) is 0 Å². The summed E-state index contributed by atoms with van der Waals surface area (Å²) < 4.78 is 46.2. The summed E-state index contributed by atoms with van der Waals surface area (Å²) in [5, 5.41) is 2.12. The van der Waals surface area contributed by atoms with Gasteiger partial charge in [-0.3, -0.25) is 0 Å². The number of benzene rings is 3. The van der Waals surface area contributed by atoms with Crippen molar-refractivity contribution in [1.29, 1.82) is 0 Å². The van der Waals surface area contributed by atoms with Crippen LogP contribution in [0.1, 0.15) is 5.56 Å². The Morgan fingerprint density at radius 3 is 2.03 bits per heavy atom. The van der Waals surface area contributed by atoms with Gasteiger partial charge in [0.2, 0.25) is 5.36 Å². The number of hydrogen-bond donors (Lipinski definition) is 1. The monoisotopic (exact) mass is 477 g/mol. The van der Waals surface area contributed by atoms with Crippen LogP contribution in [-0.2, 0) is 6.54 Å². The Hall–Kier alpha value is -2.87. The maximum Gasteiger partial charge on any atom is 0.673 e. The summed E-state index contributed by atoms with van der Waals surface area (Å²) >= 11 is 3.56. The van der Waals surface area contributed by atoms with Gasteiger partial charge in [0.05, 0.1) is 11.5 Å². The lowest BCUT2D eigenvalue weighted by atomic mass is 10.1. The van der Waals surface area contributed by atoms with Gasteiger partial charge in [0.15, 0.2) is 6.54 Å². The van der Waals surface area contributed by atoms with E-state index in [-0.39, 0.29) is 0 Å². The van der Waals surface area contributed by atoms with Crippen molar-refractivity contribution < 1.29 is 26.7 Å². The molecule has 3 aromatic carbocycles. The first kappa shape index (κ1) is 21.8. The Bertz CT molecular complexity index is 1170. The molecule has 0 amide bonds. The second kappa shape index (κ2) is 9.76. The largest absolute Gasteiger partial charge is 0.673 e. The molecule has 0 aliphatic carbocycles. The SMILES string of the molecule is Brc1ccc2oc(-c3ccccc3)cc(=[NH+]Cc3ccccc3)c2c1.F[B-](F)(F)F. The quantitative estimate of drug-likeness (QED) is 0.313. The van der Waals surface area contributed by atoms with Crippen LogP contribution in [0.5, 0.6) is 0 Å². The van der Waals surface area contributed by atoms with E-state index < -0.39 is 7.25 Å². The molecule has 8 heteroatoms. The van der Waals surface area contributed by atoms with Gasteiger partial charge >= 0.3 is 7.25 Å². The van der Waals surface area contributed by atoms with E-state index in [9.17, 15) is 17.3 Å². The Balaban J connectivity index is 0.000000461. The topological polar surface area (TPSA) is 27.1 Å². The second-order valence-electron chi connectivity index (χ2n) is 6.36. The van der Waals surface area contributed by atoms with E-state index in [2.05, 4.69) is 69.5 Å². The first-order valence-corrected chi connectivity index (χ1v) is 9.86. The van der Waals surface area contributed by atoms with Crippen LogP contribution in [0.15, 0.2) is 93.8 Å². The van der Waals surface area contributed by atoms with Crippen molar-refractivity contribution in [3.8, 4) is 11.3 Å². The van der Waals surface area contributed by atoms with Gasteiger partial charge in [-0.1, -0.05) is 76.6 Å². The van der Waals surface area contributed by atoms with Crippen molar-refractivity contribution in [1.82, 2.24) is 0 Å². The van der Waals surface area contributed by atoms with Crippen LogP contribution in [0.25, 0.3) is 22.3 Å². The molecular weight excluding hydrogens is 461 g/mol. The Morgan fingerprint density at radius 1 is 0.800 bits per heavy atom. The Kier molecular flexibility index (Phi) is 7.10. The molecule has 1 aromatic heterocycles. The molecule has 1 N–H and O–H groups in total. The van der Waals surface area contributed by atoms with E-state index in [4.69, 9.17) is 4.42 Å². The smallest absolute Gasteiger partial charge is 0.456 e. The van der Waals surface area contributed by atoms with Crippen molar-refractivity contribution in [2.75, 3.05) is 0 Å². The average Bonchev–Trinajstić information content (AvgIpc) is 2.72. The summed E-state index contributed by atoms with van der Waals surface area (Å²) in [6.45, 7) is 0.765. The standard InChI is InChI=1S/C22H16BrNO.BF4/c23-18-11-12-21-19(13-18)20(24-15-16-7-3-1-4-8-16)14-22(25-21)17-9-5-2-6-10-17;2-1(3,4)5/h1-14H,15H2;/q;-1/p+1. The molecule has 0 saturated heterocycles. The highest BCUT2D eigenvalue weighted by atomic mass is 79.9. The first-order chi connectivity index (χ1) is 14.3. The fraction of sp³-hybridized carbons (Fsp3) is 0.0455.